The quantitative estimate of drug-likeness (QED) is 0.816. The Morgan fingerprint density at radius 2 is 2.14 bits per heavy atom. The minimum Gasteiger partial charge on any atom is -0.463 e. The molecule has 4 nitrogen and oxygen atoms in total. The fourth-order valence-corrected chi connectivity index (χ4v) is 3.93. The predicted octanol–water partition coefficient (Wildman–Crippen LogP) is 2.39. The Bertz CT molecular complexity index is 703. The third-order valence-electron chi connectivity index (χ3n) is 4.45. The largest absolute Gasteiger partial charge is 0.463 e. The predicted molar refractivity (Wildman–Crippen MR) is 86.0 cm³/mol. The molecule has 2 aliphatic rings. The van der Waals surface area contributed by atoms with Crippen molar-refractivity contribution >= 4 is 11.7 Å². The summed E-state index contributed by atoms with van der Waals surface area (Å²) in [6.07, 6.45) is 1.27. The van der Waals surface area contributed by atoms with Gasteiger partial charge in [-0.05, 0) is 31.0 Å². The highest BCUT2D eigenvalue weighted by Crippen LogP contribution is 2.41. The van der Waals surface area contributed by atoms with Crippen LogP contribution in [-0.4, -0.2) is 39.9 Å². The first-order valence-corrected chi connectivity index (χ1v) is 8.35. The summed E-state index contributed by atoms with van der Waals surface area (Å²) in [7, 11) is 0. The van der Waals surface area contributed by atoms with E-state index in [4.69, 9.17) is 4.74 Å². The van der Waals surface area contributed by atoms with E-state index < -0.39 is 0 Å². The fraction of sp³-hybridized carbons (Fsp3) is 0.412. The van der Waals surface area contributed by atoms with Crippen LogP contribution in [0.25, 0.3) is 0 Å². The van der Waals surface area contributed by atoms with Gasteiger partial charge in [0.05, 0.1) is 11.7 Å². The average Bonchev–Trinajstić information content (AvgIpc) is 3.28. The van der Waals surface area contributed by atoms with Crippen LogP contribution in [0.3, 0.4) is 0 Å². The zero-order valence-corrected chi connectivity index (χ0v) is 13.1. The number of hydrogen-bond donors (Lipinski definition) is 0. The lowest BCUT2D eigenvalue weighted by Crippen LogP contribution is -2.22. The van der Waals surface area contributed by atoms with Crippen LogP contribution in [0.1, 0.15) is 23.6 Å². The minimum atomic E-state index is 0.356. The van der Waals surface area contributed by atoms with Crippen LogP contribution in [0.2, 0.25) is 0 Å². The molecule has 0 radical (unpaired) electrons. The maximum atomic E-state index is 5.76. The summed E-state index contributed by atoms with van der Waals surface area (Å²) in [5, 5.41) is 0. The second-order valence-corrected chi connectivity index (χ2v) is 6.35. The Hall–Kier alpha value is -1.90. The molecule has 2 fully saturated rings. The van der Waals surface area contributed by atoms with Crippen molar-refractivity contribution in [1.82, 2.24) is 13.6 Å². The molecule has 3 atom stereocenters. The Labute approximate surface area is 134 Å². The summed E-state index contributed by atoms with van der Waals surface area (Å²) in [5.74, 6) is 8.04. The van der Waals surface area contributed by atoms with Crippen molar-refractivity contribution < 1.29 is 4.74 Å². The molecule has 3 heterocycles. The summed E-state index contributed by atoms with van der Waals surface area (Å²) in [6, 6.07) is 9.94. The number of ether oxygens (including phenoxy) is 1. The van der Waals surface area contributed by atoms with Gasteiger partial charge in [0.2, 0.25) is 5.88 Å². The molecule has 1 aromatic heterocycles. The molecule has 5 heteroatoms. The lowest BCUT2D eigenvalue weighted by atomic mass is 9.90. The third-order valence-corrected chi connectivity index (χ3v) is 4.98. The molecule has 0 saturated carbocycles. The molecule has 0 N–H and O–H groups in total. The van der Waals surface area contributed by atoms with Crippen LogP contribution in [-0.2, 0) is 0 Å². The van der Waals surface area contributed by atoms with Crippen LogP contribution >= 0.6 is 11.7 Å². The van der Waals surface area contributed by atoms with Gasteiger partial charge in [-0.1, -0.05) is 30.0 Å². The highest BCUT2D eigenvalue weighted by atomic mass is 32.1. The molecule has 2 bridgehead atoms. The highest BCUT2D eigenvalue weighted by Gasteiger charge is 2.41. The van der Waals surface area contributed by atoms with E-state index in [0.717, 1.165) is 23.7 Å². The van der Waals surface area contributed by atoms with Gasteiger partial charge in [0.15, 0.2) is 6.61 Å². The molecule has 2 unspecified atom stereocenters. The van der Waals surface area contributed by atoms with E-state index in [1.807, 2.05) is 30.3 Å². The maximum Gasteiger partial charge on any atom is 0.250 e. The summed E-state index contributed by atoms with van der Waals surface area (Å²) in [4.78, 5) is 2.51. The molecular weight excluding hydrogens is 294 g/mol. The van der Waals surface area contributed by atoms with E-state index in [0.29, 0.717) is 18.4 Å². The van der Waals surface area contributed by atoms with Gasteiger partial charge in [0, 0.05) is 24.6 Å². The van der Waals surface area contributed by atoms with E-state index in [1.54, 1.807) is 0 Å². The average molecular weight is 311 g/mol. The van der Waals surface area contributed by atoms with Crippen molar-refractivity contribution in [2.24, 2.45) is 5.92 Å². The van der Waals surface area contributed by atoms with Gasteiger partial charge in [-0.2, -0.15) is 4.37 Å². The first kappa shape index (κ1) is 13.7. The van der Waals surface area contributed by atoms with Crippen molar-refractivity contribution in [1.29, 1.82) is 0 Å². The van der Waals surface area contributed by atoms with E-state index in [-0.39, 0.29) is 0 Å². The van der Waals surface area contributed by atoms with Gasteiger partial charge >= 0.3 is 0 Å². The molecule has 0 amide bonds. The zero-order valence-electron chi connectivity index (χ0n) is 12.2. The van der Waals surface area contributed by atoms with E-state index in [9.17, 15) is 0 Å². The standard InChI is InChI=1S/C17H17N3OS/c1-2-5-13(6-3-1)7-4-10-21-17-16(18-22-19-17)15-12-20-9-8-14(15)11-20/h1-3,5-6,14-15H,8-12H2/t14?,15-/m0/s1. The summed E-state index contributed by atoms with van der Waals surface area (Å²) >= 11 is 1.24. The fourth-order valence-electron chi connectivity index (χ4n) is 3.37. The number of rotatable bonds is 3. The first-order chi connectivity index (χ1) is 10.9. The smallest absolute Gasteiger partial charge is 0.250 e. The van der Waals surface area contributed by atoms with Crippen molar-refractivity contribution in [2.45, 2.75) is 12.3 Å². The molecule has 2 aromatic rings. The Balaban J connectivity index is 1.40. The molecule has 2 aliphatic heterocycles. The van der Waals surface area contributed by atoms with Gasteiger partial charge < -0.3 is 9.64 Å². The molecule has 22 heavy (non-hydrogen) atoms. The van der Waals surface area contributed by atoms with Gasteiger partial charge in [-0.3, -0.25) is 0 Å². The number of aromatic nitrogens is 2. The SMILES string of the molecule is C(#Cc1ccccc1)COc1nsnc1[C@H]1CN2CCC1C2. The second-order valence-electron chi connectivity index (χ2n) is 5.83. The van der Waals surface area contributed by atoms with Crippen LogP contribution in [0, 0.1) is 17.8 Å². The van der Waals surface area contributed by atoms with Gasteiger partial charge in [0.25, 0.3) is 0 Å². The van der Waals surface area contributed by atoms with Crippen molar-refractivity contribution in [2.75, 3.05) is 26.2 Å². The van der Waals surface area contributed by atoms with Crippen LogP contribution < -0.4 is 4.74 Å². The van der Waals surface area contributed by atoms with Crippen LogP contribution in [0.5, 0.6) is 5.88 Å². The van der Waals surface area contributed by atoms with Crippen molar-refractivity contribution in [3.05, 3.63) is 41.6 Å². The topological polar surface area (TPSA) is 38.3 Å². The Morgan fingerprint density at radius 1 is 1.23 bits per heavy atom. The molecule has 1 aromatic carbocycles. The number of benzene rings is 1. The summed E-state index contributed by atoms with van der Waals surface area (Å²) in [6.45, 7) is 3.89. The van der Waals surface area contributed by atoms with E-state index in [2.05, 4.69) is 25.5 Å². The minimum absolute atomic E-state index is 0.356. The van der Waals surface area contributed by atoms with Gasteiger partial charge in [-0.15, -0.1) is 4.37 Å². The second kappa shape index (κ2) is 6.07. The normalized spacial score (nSPS) is 25.7. The monoisotopic (exact) mass is 311 g/mol. The highest BCUT2D eigenvalue weighted by molar-refractivity contribution is 6.99. The molecule has 2 saturated heterocycles. The molecule has 0 aliphatic carbocycles. The molecule has 112 valence electrons. The molecular formula is C17H17N3OS. The summed E-state index contributed by atoms with van der Waals surface area (Å²) < 4.78 is 14.6. The first-order valence-electron chi connectivity index (χ1n) is 7.61. The van der Waals surface area contributed by atoms with E-state index in [1.165, 1.54) is 31.2 Å². The lowest BCUT2D eigenvalue weighted by molar-refractivity contribution is 0.323. The van der Waals surface area contributed by atoms with Crippen molar-refractivity contribution in [3.8, 4) is 17.7 Å². The molecule has 0 spiro atoms. The Kier molecular flexibility index (Phi) is 3.79. The number of hydrogen-bond acceptors (Lipinski definition) is 5. The summed E-state index contributed by atoms with van der Waals surface area (Å²) in [5.41, 5.74) is 2.04. The number of nitrogens with zero attached hydrogens (tertiary/aromatic N) is 3. The van der Waals surface area contributed by atoms with Crippen LogP contribution in [0.15, 0.2) is 30.3 Å². The van der Waals surface area contributed by atoms with Crippen molar-refractivity contribution in [3.63, 3.8) is 0 Å². The third kappa shape index (κ3) is 2.72. The van der Waals surface area contributed by atoms with Gasteiger partial charge in [0.1, 0.15) is 5.69 Å². The van der Waals surface area contributed by atoms with Crippen LogP contribution in [0.4, 0.5) is 0 Å². The van der Waals surface area contributed by atoms with Gasteiger partial charge in [-0.25, -0.2) is 0 Å². The number of piperidine rings is 1. The van der Waals surface area contributed by atoms with E-state index >= 15 is 0 Å². The lowest BCUT2D eigenvalue weighted by Gasteiger charge is -2.20. The maximum absolute atomic E-state index is 5.76. The zero-order chi connectivity index (χ0) is 14.8. The Morgan fingerprint density at radius 3 is 2.91 bits per heavy atom. The molecule has 4 rings (SSSR count). The number of fused-ring (bicyclic) bond motifs is 2.